The van der Waals surface area contributed by atoms with Crippen molar-refractivity contribution >= 4 is 42.5 Å². The van der Waals surface area contributed by atoms with Gasteiger partial charge in [-0.3, -0.25) is 9.59 Å². The van der Waals surface area contributed by atoms with Gasteiger partial charge in [-0.1, -0.05) is 56.3 Å². The van der Waals surface area contributed by atoms with Crippen LogP contribution in [0.3, 0.4) is 0 Å². The lowest BCUT2D eigenvalue weighted by Gasteiger charge is -2.25. The van der Waals surface area contributed by atoms with Gasteiger partial charge < -0.3 is 25.8 Å². The lowest BCUT2D eigenvalue weighted by Crippen LogP contribution is -2.57. The molecule has 9 nitrogen and oxygen atoms in total. The molecule has 0 spiro atoms. The molecule has 0 unspecified atom stereocenters. The van der Waals surface area contributed by atoms with Gasteiger partial charge in [0.2, 0.25) is 11.8 Å². The van der Waals surface area contributed by atoms with Gasteiger partial charge in [0, 0.05) is 18.2 Å². The van der Waals surface area contributed by atoms with Crippen LogP contribution in [0.2, 0.25) is 0 Å². The van der Waals surface area contributed by atoms with Crippen LogP contribution in [-0.2, 0) is 30.3 Å². The highest BCUT2D eigenvalue weighted by Crippen LogP contribution is 2.16. The van der Waals surface area contributed by atoms with Crippen molar-refractivity contribution in [3.63, 3.8) is 0 Å². The Balaban J connectivity index is 2.10. The van der Waals surface area contributed by atoms with Gasteiger partial charge in [-0.15, -0.1) is 0 Å². The highest BCUT2D eigenvalue weighted by atomic mass is 32.1. The second kappa shape index (κ2) is 14.8. The Kier molecular flexibility index (Phi) is 11.9. The van der Waals surface area contributed by atoms with Gasteiger partial charge in [0.05, 0.1) is 13.2 Å². The number of carbonyl (C=O) groups excluding carboxylic acids is 4. The van der Waals surface area contributed by atoms with Crippen LogP contribution in [0, 0.1) is 5.92 Å². The van der Waals surface area contributed by atoms with Gasteiger partial charge in [0.15, 0.2) is 0 Å². The summed E-state index contributed by atoms with van der Waals surface area (Å²) in [5.41, 5.74) is 7.18. The van der Waals surface area contributed by atoms with E-state index in [4.69, 9.17) is 15.2 Å². The Morgan fingerprint density at radius 1 is 1.00 bits per heavy atom. The van der Waals surface area contributed by atoms with Crippen LogP contribution in [0.25, 0.3) is 6.08 Å². The van der Waals surface area contributed by atoms with Crippen LogP contribution in [0.15, 0.2) is 60.7 Å². The number of benzene rings is 2. The molecule has 2 aromatic carbocycles. The molecule has 198 valence electrons. The fraction of sp³-hybridized carbons (Fsp3) is 0.333. The summed E-state index contributed by atoms with van der Waals surface area (Å²) in [4.78, 5) is 49.9. The summed E-state index contributed by atoms with van der Waals surface area (Å²) in [6.07, 6.45) is 3.03. The lowest BCUT2D eigenvalue weighted by atomic mass is 10.0. The molecular formula is C27H33N3O6S. The van der Waals surface area contributed by atoms with Crippen molar-refractivity contribution in [2.45, 2.75) is 38.4 Å². The molecule has 0 bridgehead atoms. The Bertz CT molecular complexity index is 1110. The number of amides is 2. The van der Waals surface area contributed by atoms with E-state index in [0.717, 1.165) is 5.56 Å². The molecule has 0 aromatic heterocycles. The molecule has 0 aliphatic rings. The molecule has 10 heteroatoms. The zero-order valence-electron chi connectivity index (χ0n) is 21.0. The van der Waals surface area contributed by atoms with Crippen molar-refractivity contribution in [3.8, 4) is 5.75 Å². The molecule has 0 saturated carbocycles. The van der Waals surface area contributed by atoms with Crippen molar-refractivity contribution in [1.82, 2.24) is 10.6 Å². The van der Waals surface area contributed by atoms with E-state index >= 15 is 0 Å². The smallest absolute Gasteiger partial charge is 0.336 e. The number of nitrogens with two attached hydrogens (primary N) is 1. The third-order valence-electron chi connectivity index (χ3n) is 5.35. The van der Waals surface area contributed by atoms with E-state index < -0.39 is 41.9 Å². The van der Waals surface area contributed by atoms with Crippen LogP contribution < -0.4 is 21.1 Å². The number of nitrogens with one attached hydrogen (secondary N) is 2. The summed E-state index contributed by atoms with van der Waals surface area (Å²) in [6, 6.07) is 13.1. The zero-order valence-corrected chi connectivity index (χ0v) is 21.9. The maximum Gasteiger partial charge on any atom is 0.336 e. The Morgan fingerprint density at radius 3 is 2.32 bits per heavy atom. The monoisotopic (exact) mass is 527 g/mol. The molecule has 3 atom stereocenters. The molecule has 0 saturated heterocycles. The largest absolute Gasteiger partial charge is 0.467 e. The molecule has 4 N–H and O–H groups in total. The number of ether oxygens (including phenoxy) is 2. The summed E-state index contributed by atoms with van der Waals surface area (Å²) < 4.78 is 10.2. The minimum Gasteiger partial charge on any atom is -0.467 e. The molecule has 37 heavy (non-hydrogen) atoms. The first kappa shape index (κ1) is 29.6. The van der Waals surface area contributed by atoms with E-state index in [0.29, 0.717) is 5.56 Å². The quantitative estimate of drug-likeness (QED) is 0.143. The van der Waals surface area contributed by atoms with E-state index in [1.54, 1.807) is 44.2 Å². The Hall–Kier alpha value is -3.63. The molecule has 0 radical (unpaired) electrons. The van der Waals surface area contributed by atoms with Crippen molar-refractivity contribution in [2.75, 3.05) is 12.9 Å². The van der Waals surface area contributed by atoms with Crippen LogP contribution in [0.4, 0.5) is 0 Å². The average Bonchev–Trinajstić information content (AvgIpc) is 2.89. The predicted octanol–water partition coefficient (Wildman–Crippen LogP) is 1.90. The van der Waals surface area contributed by atoms with Gasteiger partial charge in [-0.2, -0.15) is 12.6 Å². The number of carbonyl (C=O) groups is 4. The van der Waals surface area contributed by atoms with E-state index in [1.807, 2.05) is 30.3 Å². The SMILES string of the molecule is COC(=O)[C@H](Cc1cccc(OC(=O)/C=C/c2ccccc2)c1)NC(=O)[C@@H](NC(=O)[C@@H](N)CS)C(C)C. The minimum absolute atomic E-state index is 0.0680. The first-order valence-corrected chi connectivity index (χ1v) is 12.4. The van der Waals surface area contributed by atoms with Crippen LogP contribution in [0.1, 0.15) is 25.0 Å². The number of hydrogen-bond donors (Lipinski definition) is 4. The minimum atomic E-state index is -1.04. The molecular weight excluding hydrogens is 494 g/mol. The molecule has 2 aromatic rings. The number of methoxy groups -OCH3 is 1. The number of esters is 2. The molecule has 0 heterocycles. The first-order chi connectivity index (χ1) is 17.6. The van der Waals surface area contributed by atoms with E-state index in [1.165, 1.54) is 13.2 Å². The summed E-state index contributed by atoms with van der Waals surface area (Å²) in [7, 11) is 1.21. The zero-order chi connectivity index (χ0) is 27.4. The maximum atomic E-state index is 13.0. The first-order valence-electron chi connectivity index (χ1n) is 11.7. The van der Waals surface area contributed by atoms with Crippen molar-refractivity contribution < 1.29 is 28.7 Å². The Morgan fingerprint density at radius 2 is 1.70 bits per heavy atom. The molecule has 0 aliphatic carbocycles. The molecule has 2 rings (SSSR count). The molecule has 2 amide bonds. The van der Waals surface area contributed by atoms with Gasteiger partial charge in [0.1, 0.15) is 17.8 Å². The second-order valence-electron chi connectivity index (χ2n) is 8.62. The molecule has 0 aliphatic heterocycles. The van der Waals surface area contributed by atoms with Gasteiger partial charge in [0.25, 0.3) is 0 Å². The summed E-state index contributed by atoms with van der Waals surface area (Å²) >= 11 is 4.01. The third-order valence-corrected chi connectivity index (χ3v) is 5.74. The summed E-state index contributed by atoms with van der Waals surface area (Å²) in [5.74, 6) is -2.18. The van der Waals surface area contributed by atoms with Gasteiger partial charge in [-0.05, 0) is 35.3 Å². The standard InChI is InChI=1S/C27H33N3O6S/c1-17(2)24(30-25(32)21(28)16-37)26(33)29-22(27(34)35-3)15-19-10-7-11-20(14-19)36-23(31)13-12-18-8-5-4-6-9-18/h4-14,17,21-22,24,37H,15-16,28H2,1-3H3,(H,29,33)(H,30,32)/b13-12+/t21-,22-,24-/m0/s1. The van der Waals surface area contributed by atoms with Crippen LogP contribution in [0.5, 0.6) is 5.75 Å². The highest BCUT2D eigenvalue weighted by molar-refractivity contribution is 7.80. The predicted molar refractivity (Wildman–Crippen MR) is 144 cm³/mol. The van der Waals surface area contributed by atoms with E-state index in [-0.39, 0.29) is 23.8 Å². The highest BCUT2D eigenvalue weighted by Gasteiger charge is 2.30. The lowest BCUT2D eigenvalue weighted by molar-refractivity contribution is -0.145. The topological polar surface area (TPSA) is 137 Å². The number of thiol groups is 1. The van der Waals surface area contributed by atoms with Crippen molar-refractivity contribution in [3.05, 3.63) is 71.8 Å². The van der Waals surface area contributed by atoms with E-state index in [2.05, 4.69) is 23.3 Å². The number of rotatable bonds is 12. The van der Waals surface area contributed by atoms with Crippen molar-refractivity contribution in [1.29, 1.82) is 0 Å². The maximum absolute atomic E-state index is 13.0. The third kappa shape index (κ3) is 9.74. The summed E-state index contributed by atoms with van der Waals surface area (Å²) in [6.45, 7) is 3.52. The summed E-state index contributed by atoms with van der Waals surface area (Å²) in [5, 5.41) is 5.26. The van der Waals surface area contributed by atoms with Crippen LogP contribution in [-0.4, -0.2) is 54.7 Å². The van der Waals surface area contributed by atoms with Crippen molar-refractivity contribution in [2.24, 2.45) is 11.7 Å². The fourth-order valence-electron chi connectivity index (χ4n) is 3.33. The average molecular weight is 528 g/mol. The van der Waals surface area contributed by atoms with Gasteiger partial charge >= 0.3 is 11.9 Å². The van der Waals surface area contributed by atoms with Crippen LogP contribution >= 0.6 is 12.6 Å². The van der Waals surface area contributed by atoms with E-state index in [9.17, 15) is 19.2 Å². The normalized spacial score (nSPS) is 13.5. The number of hydrogen-bond acceptors (Lipinski definition) is 8. The molecule has 0 fully saturated rings. The fourth-order valence-corrected chi connectivity index (χ4v) is 3.49. The Labute approximate surface area is 222 Å². The second-order valence-corrected chi connectivity index (χ2v) is 8.99. The van der Waals surface area contributed by atoms with Gasteiger partial charge in [-0.25, -0.2) is 9.59 Å².